The maximum atomic E-state index is 11.9. The van der Waals surface area contributed by atoms with Crippen LogP contribution in [0.2, 0.25) is 0 Å². The molecule has 0 aliphatic heterocycles. The number of aromatic nitrogens is 2. The molecular weight excluding hydrogens is 250 g/mol. The van der Waals surface area contributed by atoms with Gasteiger partial charge in [-0.2, -0.15) is 0 Å². The number of para-hydroxylation sites is 1. The van der Waals surface area contributed by atoms with E-state index in [0.717, 1.165) is 5.01 Å². The fourth-order valence-corrected chi connectivity index (χ4v) is 2.09. The molecule has 0 fully saturated rings. The van der Waals surface area contributed by atoms with Crippen LogP contribution in [-0.2, 0) is 0 Å². The van der Waals surface area contributed by atoms with Crippen LogP contribution in [0.4, 0.5) is 5.13 Å². The van der Waals surface area contributed by atoms with Crippen molar-refractivity contribution < 1.29 is 9.90 Å². The molecule has 18 heavy (non-hydrogen) atoms. The minimum absolute atomic E-state index is 0.0522. The summed E-state index contributed by atoms with van der Waals surface area (Å²) in [5.41, 5.74) is 0.221. The number of amides is 1. The number of aromatic hydroxyl groups is 1. The van der Waals surface area contributed by atoms with E-state index in [1.807, 2.05) is 13.8 Å². The molecule has 0 spiro atoms. The molecule has 6 heteroatoms. The van der Waals surface area contributed by atoms with Gasteiger partial charge in [0, 0.05) is 5.92 Å². The maximum absolute atomic E-state index is 11.9. The maximum Gasteiger partial charge on any atom is 0.261 e. The molecule has 1 aromatic carbocycles. The first-order valence-corrected chi connectivity index (χ1v) is 6.32. The standard InChI is InChI=1S/C12H13N3O2S/c1-7(2)11-14-15-12(18-11)13-10(17)8-5-3-4-6-9(8)16/h3-7,16H,1-2H3,(H,13,15,17). The van der Waals surface area contributed by atoms with E-state index in [4.69, 9.17) is 0 Å². The molecule has 1 aromatic heterocycles. The average Bonchev–Trinajstić information content (AvgIpc) is 2.78. The van der Waals surface area contributed by atoms with Crippen molar-refractivity contribution in [2.24, 2.45) is 0 Å². The zero-order chi connectivity index (χ0) is 13.1. The highest BCUT2D eigenvalue weighted by atomic mass is 32.1. The molecule has 2 aromatic rings. The number of benzene rings is 1. The lowest BCUT2D eigenvalue weighted by molar-refractivity contribution is 0.102. The normalized spacial score (nSPS) is 10.6. The molecule has 0 radical (unpaired) electrons. The lowest BCUT2D eigenvalue weighted by Gasteiger charge is -2.02. The topological polar surface area (TPSA) is 75.1 Å². The summed E-state index contributed by atoms with van der Waals surface area (Å²) in [6.45, 7) is 4.02. The van der Waals surface area contributed by atoms with Gasteiger partial charge in [-0.15, -0.1) is 10.2 Å². The predicted octanol–water partition coefficient (Wildman–Crippen LogP) is 2.62. The third-order valence-corrected chi connectivity index (χ3v) is 3.44. The summed E-state index contributed by atoms with van der Waals surface area (Å²) in [6.07, 6.45) is 0. The summed E-state index contributed by atoms with van der Waals surface area (Å²) in [7, 11) is 0. The fraction of sp³-hybridized carbons (Fsp3) is 0.250. The summed E-state index contributed by atoms with van der Waals surface area (Å²) in [4.78, 5) is 11.9. The van der Waals surface area contributed by atoms with Gasteiger partial charge >= 0.3 is 0 Å². The lowest BCUT2D eigenvalue weighted by atomic mass is 10.2. The Kier molecular flexibility index (Phi) is 3.57. The van der Waals surface area contributed by atoms with Crippen LogP contribution in [0, 0.1) is 0 Å². The van der Waals surface area contributed by atoms with E-state index in [1.165, 1.54) is 17.4 Å². The summed E-state index contributed by atoms with van der Waals surface area (Å²) >= 11 is 1.33. The number of phenols is 1. The van der Waals surface area contributed by atoms with Gasteiger partial charge in [0.1, 0.15) is 10.8 Å². The van der Waals surface area contributed by atoms with E-state index >= 15 is 0 Å². The Labute approximate surface area is 109 Å². The quantitative estimate of drug-likeness (QED) is 0.892. The third kappa shape index (κ3) is 2.65. The van der Waals surface area contributed by atoms with Crippen LogP contribution >= 0.6 is 11.3 Å². The summed E-state index contributed by atoms with van der Waals surface area (Å²) in [6, 6.07) is 6.37. The van der Waals surface area contributed by atoms with Crippen molar-refractivity contribution >= 4 is 22.4 Å². The molecule has 0 saturated heterocycles. The van der Waals surface area contributed by atoms with Crippen LogP contribution in [0.3, 0.4) is 0 Å². The van der Waals surface area contributed by atoms with E-state index in [1.54, 1.807) is 18.2 Å². The van der Waals surface area contributed by atoms with Crippen molar-refractivity contribution in [3.8, 4) is 5.75 Å². The van der Waals surface area contributed by atoms with Crippen molar-refractivity contribution in [1.82, 2.24) is 10.2 Å². The molecule has 2 N–H and O–H groups in total. The number of hydrogen-bond acceptors (Lipinski definition) is 5. The first-order valence-electron chi connectivity index (χ1n) is 5.50. The molecule has 0 aliphatic carbocycles. The van der Waals surface area contributed by atoms with Gasteiger partial charge in [-0.3, -0.25) is 10.1 Å². The third-order valence-electron chi connectivity index (χ3n) is 2.30. The first kappa shape index (κ1) is 12.5. The highest BCUT2D eigenvalue weighted by molar-refractivity contribution is 7.15. The van der Waals surface area contributed by atoms with Gasteiger partial charge in [-0.25, -0.2) is 0 Å². The Bertz CT molecular complexity index is 566. The number of hydrogen-bond donors (Lipinski definition) is 2. The van der Waals surface area contributed by atoms with Crippen molar-refractivity contribution in [1.29, 1.82) is 0 Å². The fourth-order valence-electron chi connectivity index (χ4n) is 1.35. The van der Waals surface area contributed by atoms with Crippen LogP contribution in [-0.4, -0.2) is 21.2 Å². The first-order chi connectivity index (χ1) is 8.58. The van der Waals surface area contributed by atoms with Crippen LogP contribution in [0.15, 0.2) is 24.3 Å². The molecular formula is C12H13N3O2S. The van der Waals surface area contributed by atoms with Crippen LogP contribution in [0.25, 0.3) is 0 Å². The number of nitrogens with one attached hydrogen (secondary N) is 1. The van der Waals surface area contributed by atoms with E-state index in [9.17, 15) is 9.90 Å². The number of carbonyl (C=O) groups is 1. The van der Waals surface area contributed by atoms with Crippen molar-refractivity contribution in [3.05, 3.63) is 34.8 Å². The van der Waals surface area contributed by atoms with Gasteiger partial charge in [-0.05, 0) is 12.1 Å². The smallest absolute Gasteiger partial charge is 0.261 e. The number of nitrogens with zero attached hydrogens (tertiary/aromatic N) is 2. The van der Waals surface area contributed by atoms with Gasteiger partial charge in [0.05, 0.1) is 5.56 Å². The Morgan fingerprint density at radius 3 is 2.67 bits per heavy atom. The second kappa shape index (κ2) is 5.14. The van der Waals surface area contributed by atoms with Crippen LogP contribution < -0.4 is 5.32 Å². The predicted molar refractivity (Wildman–Crippen MR) is 70.1 cm³/mol. The molecule has 2 rings (SSSR count). The van der Waals surface area contributed by atoms with Gasteiger partial charge in [0.15, 0.2) is 0 Å². The number of rotatable bonds is 3. The molecule has 0 aliphatic rings. The SMILES string of the molecule is CC(C)c1nnc(NC(=O)c2ccccc2O)s1. The monoisotopic (exact) mass is 263 g/mol. The molecule has 0 unspecified atom stereocenters. The van der Waals surface area contributed by atoms with Crippen molar-refractivity contribution in [2.45, 2.75) is 19.8 Å². The van der Waals surface area contributed by atoms with Gasteiger partial charge in [0.25, 0.3) is 5.91 Å². The van der Waals surface area contributed by atoms with Crippen LogP contribution in [0.1, 0.15) is 35.1 Å². The summed E-state index contributed by atoms with van der Waals surface area (Å²) < 4.78 is 0. The van der Waals surface area contributed by atoms with Crippen LogP contribution in [0.5, 0.6) is 5.75 Å². The second-order valence-corrected chi connectivity index (χ2v) is 5.08. The van der Waals surface area contributed by atoms with Crippen molar-refractivity contribution in [2.75, 3.05) is 5.32 Å². The zero-order valence-corrected chi connectivity index (χ0v) is 10.9. The molecule has 94 valence electrons. The lowest BCUT2D eigenvalue weighted by Crippen LogP contribution is -2.11. The Hall–Kier alpha value is -1.95. The molecule has 0 bridgehead atoms. The molecule has 5 nitrogen and oxygen atoms in total. The summed E-state index contributed by atoms with van der Waals surface area (Å²) in [5, 5.41) is 21.3. The minimum Gasteiger partial charge on any atom is -0.507 e. The number of anilines is 1. The highest BCUT2D eigenvalue weighted by Gasteiger charge is 2.14. The van der Waals surface area contributed by atoms with Gasteiger partial charge < -0.3 is 5.11 Å². The van der Waals surface area contributed by atoms with E-state index in [-0.39, 0.29) is 23.1 Å². The van der Waals surface area contributed by atoms with Gasteiger partial charge in [-0.1, -0.05) is 37.3 Å². The number of carbonyl (C=O) groups excluding carboxylic acids is 1. The Morgan fingerprint density at radius 1 is 1.33 bits per heavy atom. The van der Waals surface area contributed by atoms with E-state index < -0.39 is 0 Å². The number of phenolic OH excluding ortho intramolecular Hbond substituents is 1. The zero-order valence-electron chi connectivity index (χ0n) is 10.0. The van der Waals surface area contributed by atoms with Gasteiger partial charge in [0.2, 0.25) is 5.13 Å². The second-order valence-electron chi connectivity index (χ2n) is 4.07. The Balaban J connectivity index is 2.14. The highest BCUT2D eigenvalue weighted by Crippen LogP contribution is 2.24. The van der Waals surface area contributed by atoms with Crippen molar-refractivity contribution in [3.63, 3.8) is 0 Å². The molecule has 0 saturated carbocycles. The van der Waals surface area contributed by atoms with E-state index in [2.05, 4.69) is 15.5 Å². The largest absolute Gasteiger partial charge is 0.507 e. The molecule has 0 atom stereocenters. The Morgan fingerprint density at radius 2 is 2.06 bits per heavy atom. The average molecular weight is 263 g/mol. The van der Waals surface area contributed by atoms with E-state index in [0.29, 0.717) is 5.13 Å². The minimum atomic E-state index is -0.389. The summed E-state index contributed by atoms with van der Waals surface area (Å²) in [5.74, 6) is -0.165. The molecule has 1 heterocycles. The molecule has 1 amide bonds.